The van der Waals surface area contributed by atoms with E-state index in [2.05, 4.69) is 25.3 Å². The SMILES string of the molecule is CCN(CC)c1ncnc(OC)c1C(NC(=O)CCl)n1cccn1. The molecule has 0 spiro atoms. The van der Waals surface area contributed by atoms with E-state index in [1.165, 1.54) is 13.4 Å². The van der Waals surface area contributed by atoms with Crippen LogP contribution in [0.2, 0.25) is 0 Å². The summed E-state index contributed by atoms with van der Waals surface area (Å²) in [4.78, 5) is 22.6. The summed E-state index contributed by atoms with van der Waals surface area (Å²) >= 11 is 5.66. The molecule has 2 heterocycles. The Labute approximate surface area is 145 Å². The van der Waals surface area contributed by atoms with Crippen molar-refractivity contribution in [2.45, 2.75) is 20.0 Å². The lowest BCUT2D eigenvalue weighted by molar-refractivity contribution is -0.119. The molecule has 1 amide bonds. The summed E-state index contributed by atoms with van der Waals surface area (Å²) in [5.41, 5.74) is 0.630. The van der Waals surface area contributed by atoms with Crippen molar-refractivity contribution in [2.24, 2.45) is 0 Å². The van der Waals surface area contributed by atoms with E-state index in [0.29, 0.717) is 17.3 Å². The molecule has 0 saturated heterocycles. The summed E-state index contributed by atoms with van der Waals surface area (Å²) in [5.74, 6) is 0.576. The molecule has 0 saturated carbocycles. The zero-order valence-electron chi connectivity index (χ0n) is 13.9. The van der Waals surface area contributed by atoms with Gasteiger partial charge in [-0.15, -0.1) is 11.6 Å². The van der Waals surface area contributed by atoms with E-state index >= 15 is 0 Å². The van der Waals surface area contributed by atoms with Crippen LogP contribution in [0.3, 0.4) is 0 Å². The van der Waals surface area contributed by atoms with Gasteiger partial charge in [0.15, 0.2) is 6.17 Å². The number of nitrogens with one attached hydrogen (secondary N) is 1. The fourth-order valence-corrected chi connectivity index (χ4v) is 2.52. The smallest absolute Gasteiger partial charge is 0.236 e. The van der Waals surface area contributed by atoms with Crippen LogP contribution in [0, 0.1) is 0 Å². The van der Waals surface area contributed by atoms with Gasteiger partial charge < -0.3 is 15.0 Å². The first kappa shape index (κ1) is 18.0. The third-order valence-corrected chi connectivity index (χ3v) is 3.81. The van der Waals surface area contributed by atoms with Crippen molar-refractivity contribution in [3.05, 3.63) is 30.4 Å². The van der Waals surface area contributed by atoms with E-state index in [9.17, 15) is 4.79 Å². The van der Waals surface area contributed by atoms with Crippen molar-refractivity contribution < 1.29 is 9.53 Å². The second-order valence-electron chi connectivity index (χ2n) is 4.88. The Kier molecular flexibility index (Phi) is 6.36. The summed E-state index contributed by atoms with van der Waals surface area (Å²) in [6, 6.07) is 1.77. The number of halogens is 1. The average molecular weight is 353 g/mol. The normalized spacial score (nSPS) is 11.8. The van der Waals surface area contributed by atoms with Gasteiger partial charge in [0.05, 0.1) is 7.11 Å². The van der Waals surface area contributed by atoms with E-state index in [1.54, 1.807) is 23.1 Å². The number of methoxy groups -OCH3 is 1. The van der Waals surface area contributed by atoms with Gasteiger partial charge in [-0.1, -0.05) is 0 Å². The van der Waals surface area contributed by atoms with Gasteiger partial charge in [0, 0.05) is 25.5 Å². The van der Waals surface area contributed by atoms with Gasteiger partial charge in [0.25, 0.3) is 0 Å². The summed E-state index contributed by atoms with van der Waals surface area (Å²) < 4.78 is 7.03. The molecule has 0 aliphatic carbocycles. The maximum atomic E-state index is 11.9. The number of alkyl halides is 1. The lowest BCUT2D eigenvalue weighted by atomic mass is 10.2. The minimum Gasteiger partial charge on any atom is -0.481 e. The van der Waals surface area contributed by atoms with Crippen LogP contribution in [-0.4, -0.2) is 51.7 Å². The van der Waals surface area contributed by atoms with E-state index in [4.69, 9.17) is 16.3 Å². The Morgan fingerprint density at radius 3 is 2.71 bits per heavy atom. The molecule has 8 nitrogen and oxygen atoms in total. The zero-order valence-corrected chi connectivity index (χ0v) is 14.7. The molecular formula is C15H21ClN6O2. The molecule has 0 radical (unpaired) electrons. The standard InChI is InChI=1S/C15H21ClN6O2/c1-4-21(5-2)13-12(15(24-3)18-10-17-13)14(20-11(23)9-16)22-8-6-7-19-22/h6-8,10,14H,4-5,9H2,1-3H3,(H,20,23). The quantitative estimate of drug-likeness (QED) is 0.723. The van der Waals surface area contributed by atoms with Crippen molar-refractivity contribution in [3.8, 4) is 5.88 Å². The topological polar surface area (TPSA) is 85.2 Å². The van der Waals surface area contributed by atoms with E-state index in [0.717, 1.165) is 13.1 Å². The van der Waals surface area contributed by atoms with Gasteiger partial charge in [-0.25, -0.2) is 14.6 Å². The van der Waals surface area contributed by atoms with Crippen LogP contribution in [-0.2, 0) is 4.79 Å². The van der Waals surface area contributed by atoms with Crippen molar-refractivity contribution in [3.63, 3.8) is 0 Å². The van der Waals surface area contributed by atoms with Crippen LogP contribution < -0.4 is 15.0 Å². The zero-order chi connectivity index (χ0) is 17.5. The first-order valence-corrected chi connectivity index (χ1v) is 8.17. The molecule has 0 bridgehead atoms. The van der Waals surface area contributed by atoms with Gasteiger partial charge in [0.1, 0.15) is 23.6 Å². The molecule has 0 aliphatic heterocycles. The Morgan fingerprint density at radius 2 is 2.17 bits per heavy atom. The number of hydrogen-bond donors (Lipinski definition) is 1. The summed E-state index contributed by atoms with van der Waals surface area (Å²) in [5, 5.41) is 7.08. The highest BCUT2D eigenvalue weighted by atomic mass is 35.5. The summed E-state index contributed by atoms with van der Waals surface area (Å²) in [6.45, 7) is 5.56. The first-order chi connectivity index (χ1) is 11.7. The molecule has 1 unspecified atom stereocenters. The molecule has 1 atom stereocenters. The number of rotatable bonds is 8. The molecule has 130 valence electrons. The van der Waals surface area contributed by atoms with Crippen LogP contribution in [0.15, 0.2) is 24.8 Å². The van der Waals surface area contributed by atoms with Gasteiger partial charge in [-0.2, -0.15) is 5.10 Å². The largest absolute Gasteiger partial charge is 0.481 e. The molecule has 24 heavy (non-hydrogen) atoms. The summed E-state index contributed by atoms with van der Waals surface area (Å²) in [7, 11) is 1.53. The highest BCUT2D eigenvalue weighted by molar-refractivity contribution is 6.27. The number of anilines is 1. The molecule has 9 heteroatoms. The third-order valence-electron chi connectivity index (χ3n) is 3.56. The molecular weight excluding hydrogens is 332 g/mol. The van der Waals surface area contributed by atoms with E-state index in [-0.39, 0.29) is 11.8 Å². The van der Waals surface area contributed by atoms with Crippen LogP contribution in [0.25, 0.3) is 0 Å². The fraction of sp³-hybridized carbons (Fsp3) is 0.467. The predicted octanol–water partition coefficient (Wildman–Crippen LogP) is 1.43. The second-order valence-corrected chi connectivity index (χ2v) is 5.15. The van der Waals surface area contributed by atoms with E-state index < -0.39 is 6.17 Å². The van der Waals surface area contributed by atoms with Crippen molar-refractivity contribution in [2.75, 3.05) is 31.0 Å². The van der Waals surface area contributed by atoms with Crippen molar-refractivity contribution >= 4 is 23.3 Å². The second kappa shape index (κ2) is 8.49. The van der Waals surface area contributed by atoms with Crippen molar-refractivity contribution in [1.82, 2.24) is 25.1 Å². The number of carbonyl (C=O) groups is 1. The fourth-order valence-electron chi connectivity index (χ4n) is 2.44. The molecule has 0 fully saturated rings. The first-order valence-electron chi connectivity index (χ1n) is 7.64. The Morgan fingerprint density at radius 1 is 1.42 bits per heavy atom. The lowest BCUT2D eigenvalue weighted by Gasteiger charge is -2.28. The van der Waals surface area contributed by atoms with Crippen molar-refractivity contribution in [1.29, 1.82) is 0 Å². The number of ether oxygens (including phenoxy) is 1. The third kappa shape index (κ3) is 3.76. The molecule has 2 aromatic rings. The average Bonchev–Trinajstić information content (AvgIpc) is 3.14. The molecule has 2 rings (SSSR count). The number of aromatic nitrogens is 4. The van der Waals surface area contributed by atoms with Crippen LogP contribution in [0.1, 0.15) is 25.6 Å². The minimum atomic E-state index is -0.627. The van der Waals surface area contributed by atoms with Crippen LogP contribution >= 0.6 is 11.6 Å². The number of nitrogens with zero attached hydrogens (tertiary/aromatic N) is 5. The van der Waals surface area contributed by atoms with E-state index in [1.807, 2.05) is 13.8 Å². The highest BCUT2D eigenvalue weighted by Gasteiger charge is 2.27. The predicted molar refractivity (Wildman–Crippen MR) is 91.4 cm³/mol. The number of carbonyl (C=O) groups excluding carboxylic acids is 1. The maximum absolute atomic E-state index is 11.9. The van der Waals surface area contributed by atoms with Gasteiger partial charge >= 0.3 is 0 Å². The van der Waals surface area contributed by atoms with Gasteiger partial charge in [0.2, 0.25) is 11.8 Å². The molecule has 0 aliphatic rings. The molecule has 0 aromatic carbocycles. The minimum absolute atomic E-state index is 0.158. The van der Waals surface area contributed by atoms with Crippen LogP contribution in [0.5, 0.6) is 5.88 Å². The highest BCUT2D eigenvalue weighted by Crippen LogP contribution is 2.32. The number of hydrogen-bond acceptors (Lipinski definition) is 6. The molecule has 2 aromatic heterocycles. The Bertz CT molecular complexity index is 660. The van der Waals surface area contributed by atoms with Gasteiger partial charge in [-0.3, -0.25) is 4.79 Å². The Hall–Kier alpha value is -2.35. The molecule has 1 N–H and O–H groups in total. The van der Waals surface area contributed by atoms with Gasteiger partial charge in [-0.05, 0) is 19.9 Å². The van der Waals surface area contributed by atoms with Crippen LogP contribution in [0.4, 0.5) is 5.82 Å². The lowest BCUT2D eigenvalue weighted by Crippen LogP contribution is -2.36. The monoisotopic (exact) mass is 352 g/mol. The summed E-state index contributed by atoms with van der Waals surface area (Å²) in [6.07, 6.45) is 4.20. The maximum Gasteiger partial charge on any atom is 0.236 e. The number of amides is 1. The Balaban J connectivity index is 2.60.